The predicted octanol–water partition coefficient (Wildman–Crippen LogP) is 1.09. The summed E-state index contributed by atoms with van der Waals surface area (Å²) >= 11 is 0. The largest absolute Gasteiger partial charge is 0.369 e. The Labute approximate surface area is 108 Å². The van der Waals surface area contributed by atoms with Crippen LogP contribution in [0, 0.1) is 5.92 Å². The quantitative estimate of drug-likeness (QED) is 0.676. The minimum absolute atomic E-state index is 0.0547. The van der Waals surface area contributed by atoms with E-state index in [9.17, 15) is 4.79 Å². The first-order valence-electron chi connectivity index (χ1n) is 6.13. The lowest BCUT2D eigenvalue weighted by molar-refractivity contribution is -0.120. The molecule has 0 unspecified atom stereocenters. The molecule has 0 radical (unpaired) electrons. The summed E-state index contributed by atoms with van der Waals surface area (Å²) in [5, 5.41) is 8.81. The summed E-state index contributed by atoms with van der Waals surface area (Å²) in [6.45, 7) is 5.41. The predicted molar refractivity (Wildman–Crippen MR) is 72.5 cm³/mol. The minimum atomic E-state index is 0.0547. The number of carbonyl (C=O) groups excluding carboxylic acids is 1. The summed E-state index contributed by atoms with van der Waals surface area (Å²) in [4.78, 5) is 19.7. The lowest BCUT2D eigenvalue weighted by atomic mass is 10.2. The van der Waals surface area contributed by atoms with Crippen LogP contribution < -0.4 is 16.0 Å². The zero-order chi connectivity index (χ0) is 13.4. The number of carbonyl (C=O) groups is 1. The average Bonchev–Trinajstić information content (AvgIpc) is 2.36. The van der Waals surface area contributed by atoms with Gasteiger partial charge in [-0.2, -0.15) is 4.98 Å². The van der Waals surface area contributed by atoms with Crippen molar-refractivity contribution in [2.24, 2.45) is 5.92 Å². The third kappa shape index (κ3) is 5.47. The van der Waals surface area contributed by atoms with Gasteiger partial charge in [-0.05, 0) is 12.0 Å². The normalized spacial score (nSPS) is 10.2. The van der Waals surface area contributed by atoms with Gasteiger partial charge in [-0.25, -0.2) is 4.98 Å². The first kappa shape index (κ1) is 14.2. The Hall–Kier alpha value is -1.85. The summed E-state index contributed by atoms with van der Waals surface area (Å²) in [7, 11) is 1.76. The van der Waals surface area contributed by atoms with Crippen LogP contribution in [0.3, 0.4) is 0 Å². The van der Waals surface area contributed by atoms with E-state index in [-0.39, 0.29) is 5.91 Å². The summed E-state index contributed by atoms with van der Waals surface area (Å²) < 4.78 is 0. The second-order valence-corrected chi connectivity index (χ2v) is 4.39. The lowest BCUT2D eigenvalue weighted by Gasteiger charge is -2.09. The van der Waals surface area contributed by atoms with Gasteiger partial charge in [-0.3, -0.25) is 4.79 Å². The van der Waals surface area contributed by atoms with E-state index in [4.69, 9.17) is 0 Å². The molecule has 0 atom stereocenters. The van der Waals surface area contributed by atoms with Gasteiger partial charge in [0.25, 0.3) is 0 Å². The second kappa shape index (κ2) is 7.47. The van der Waals surface area contributed by atoms with Crippen LogP contribution >= 0.6 is 0 Å². The van der Waals surface area contributed by atoms with Gasteiger partial charge in [0.1, 0.15) is 5.82 Å². The average molecular weight is 251 g/mol. The van der Waals surface area contributed by atoms with E-state index in [1.54, 1.807) is 19.3 Å². The molecule has 100 valence electrons. The van der Waals surface area contributed by atoms with Gasteiger partial charge < -0.3 is 16.0 Å². The van der Waals surface area contributed by atoms with E-state index in [2.05, 4.69) is 39.8 Å². The Morgan fingerprint density at radius 3 is 2.89 bits per heavy atom. The van der Waals surface area contributed by atoms with Crippen molar-refractivity contribution in [2.45, 2.75) is 20.3 Å². The SMILES string of the molecule is CNc1nccc(NCCC(=O)NCC(C)C)n1. The van der Waals surface area contributed by atoms with E-state index in [1.807, 2.05) is 0 Å². The molecular formula is C12H21N5O. The molecule has 1 amide bonds. The third-order valence-electron chi connectivity index (χ3n) is 2.24. The van der Waals surface area contributed by atoms with E-state index in [0.29, 0.717) is 30.6 Å². The molecule has 0 fully saturated rings. The van der Waals surface area contributed by atoms with Crippen LogP contribution in [-0.2, 0) is 4.79 Å². The van der Waals surface area contributed by atoms with Crippen LogP contribution in [0.1, 0.15) is 20.3 Å². The Balaban J connectivity index is 2.26. The number of aromatic nitrogens is 2. The Kier molecular flexibility index (Phi) is 5.90. The van der Waals surface area contributed by atoms with Crippen LogP contribution in [0.5, 0.6) is 0 Å². The van der Waals surface area contributed by atoms with Gasteiger partial charge in [-0.1, -0.05) is 13.8 Å². The molecule has 6 nitrogen and oxygen atoms in total. The van der Waals surface area contributed by atoms with Crippen molar-refractivity contribution >= 4 is 17.7 Å². The maximum absolute atomic E-state index is 11.5. The number of anilines is 2. The highest BCUT2D eigenvalue weighted by molar-refractivity contribution is 5.76. The molecule has 0 saturated heterocycles. The summed E-state index contributed by atoms with van der Waals surface area (Å²) in [5.74, 6) is 1.80. The molecule has 0 aliphatic carbocycles. The molecular weight excluding hydrogens is 230 g/mol. The molecule has 18 heavy (non-hydrogen) atoms. The summed E-state index contributed by atoms with van der Waals surface area (Å²) in [6.07, 6.45) is 2.10. The zero-order valence-corrected chi connectivity index (χ0v) is 11.2. The fraction of sp³-hybridized carbons (Fsp3) is 0.583. The van der Waals surface area contributed by atoms with Gasteiger partial charge in [0.15, 0.2) is 0 Å². The zero-order valence-electron chi connectivity index (χ0n) is 11.2. The smallest absolute Gasteiger partial charge is 0.224 e. The number of nitrogens with zero attached hydrogens (tertiary/aromatic N) is 2. The van der Waals surface area contributed by atoms with Gasteiger partial charge in [0.05, 0.1) is 0 Å². The fourth-order valence-corrected chi connectivity index (χ4v) is 1.29. The number of hydrogen-bond acceptors (Lipinski definition) is 5. The second-order valence-electron chi connectivity index (χ2n) is 4.39. The van der Waals surface area contributed by atoms with Gasteiger partial charge in [-0.15, -0.1) is 0 Å². The summed E-state index contributed by atoms with van der Waals surface area (Å²) in [5.41, 5.74) is 0. The van der Waals surface area contributed by atoms with E-state index >= 15 is 0 Å². The molecule has 3 N–H and O–H groups in total. The van der Waals surface area contributed by atoms with Crippen molar-refractivity contribution in [3.05, 3.63) is 12.3 Å². The Morgan fingerprint density at radius 1 is 1.44 bits per heavy atom. The molecule has 1 aromatic heterocycles. The molecule has 1 aromatic rings. The first-order chi connectivity index (χ1) is 8.61. The third-order valence-corrected chi connectivity index (χ3v) is 2.24. The number of nitrogens with one attached hydrogen (secondary N) is 3. The van der Waals surface area contributed by atoms with E-state index < -0.39 is 0 Å². The highest BCUT2D eigenvalue weighted by Gasteiger charge is 2.02. The maximum Gasteiger partial charge on any atom is 0.224 e. The molecule has 0 saturated carbocycles. The summed E-state index contributed by atoms with van der Waals surface area (Å²) in [6, 6.07) is 1.77. The van der Waals surface area contributed by atoms with E-state index in [0.717, 1.165) is 6.54 Å². The number of amides is 1. The fourth-order valence-electron chi connectivity index (χ4n) is 1.29. The van der Waals surface area contributed by atoms with Crippen molar-refractivity contribution in [3.8, 4) is 0 Å². The van der Waals surface area contributed by atoms with Crippen LogP contribution in [-0.4, -0.2) is 36.0 Å². The van der Waals surface area contributed by atoms with Crippen LogP contribution in [0.4, 0.5) is 11.8 Å². The Morgan fingerprint density at radius 2 is 2.22 bits per heavy atom. The molecule has 0 aromatic carbocycles. The monoisotopic (exact) mass is 251 g/mol. The highest BCUT2D eigenvalue weighted by atomic mass is 16.1. The van der Waals surface area contributed by atoms with Crippen LogP contribution in [0.2, 0.25) is 0 Å². The van der Waals surface area contributed by atoms with Crippen LogP contribution in [0.25, 0.3) is 0 Å². The molecule has 0 aliphatic rings. The van der Waals surface area contributed by atoms with Gasteiger partial charge >= 0.3 is 0 Å². The van der Waals surface area contributed by atoms with Gasteiger partial charge in [0, 0.05) is 32.8 Å². The number of rotatable bonds is 7. The minimum Gasteiger partial charge on any atom is -0.369 e. The van der Waals surface area contributed by atoms with Crippen LogP contribution in [0.15, 0.2) is 12.3 Å². The molecule has 1 heterocycles. The molecule has 6 heteroatoms. The Bertz CT molecular complexity index is 380. The van der Waals surface area contributed by atoms with Crippen molar-refractivity contribution in [2.75, 3.05) is 30.8 Å². The molecule has 0 aliphatic heterocycles. The number of hydrogen-bond donors (Lipinski definition) is 3. The first-order valence-corrected chi connectivity index (χ1v) is 6.13. The molecule has 1 rings (SSSR count). The standard InChI is InChI=1S/C12H21N5O/c1-9(2)8-16-11(18)5-7-14-10-4-6-15-12(13-3)17-10/h4,6,9H,5,7-8H2,1-3H3,(H,16,18)(H2,13,14,15,17). The maximum atomic E-state index is 11.5. The van der Waals surface area contributed by atoms with Crippen molar-refractivity contribution in [1.82, 2.24) is 15.3 Å². The molecule has 0 bridgehead atoms. The molecule has 0 spiro atoms. The van der Waals surface area contributed by atoms with Gasteiger partial charge in [0.2, 0.25) is 11.9 Å². The van der Waals surface area contributed by atoms with Crippen molar-refractivity contribution < 1.29 is 4.79 Å². The van der Waals surface area contributed by atoms with Crippen molar-refractivity contribution in [3.63, 3.8) is 0 Å². The topological polar surface area (TPSA) is 78.9 Å². The van der Waals surface area contributed by atoms with E-state index in [1.165, 1.54) is 0 Å². The lowest BCUT2D eigenvalue weighted by Crippen LogP contribution is -2.28. The van der Waals surface area contributed by atoms with Crippen molar-refractivity contribution in [1.29, 1.82) is 0 Å². The highest BCUT2D eigenvalue weighted by Crippen LogP contribution is 2.04.